The predicted octanol–water partition coefficient (Wildman–Crippen LogP) is 1.51. The molecule has 2 heterocycles. The van der Waals surface area contributed by atoms with Crippen LogP contribution in [0.1, 0.15) is 18.4 Å². The van der Waals surface area contributed by atoms with Crippen molar-refractivity contribution >= 4 is 21.8 Å². The normalized spacial score (nSPS) is 20.7. The SMILES string of the molecule is NCCNC(=O)C1CCCN(Cc2cc3c(cc2Br)OCCO3)C1. The zero-order valence-corrected chi connectivity index (χ0v) is 15.3. The van der Waals surface area contributed by atoms with Crippen LogP contribution in [0.15, 0.2) is 16.6 Å². The number of rotatable bonds is 5. The molecule has 6 nitrogen and oxygen atoms in total. The first-order chi connectivity index (χ1) is 11.7. The van der Waals surface area contributed by atoms with Crippen molar-refractivity contribution in [3.05, 3.63) is 22.2 Å². The summed E-state index contributed by atoms with van der Waals surface area (Å²) in [6, 6.07) is 4.01. The van der Waals surface area contributed by atoms with Gasteiger partial charge in [0.15, 0.2) is 11.5 Å². The Hall–Kier alpha value is -1.31. The molecule has 0 aromatic heterocycles. The van der Waals surface area contributed by atoms with Crippen molar-refractivity contribution in [2.45, 2.75) is 19.4 Å². The number of hydrogen-bond donors (Lipinski definition) is 2. The number of carbonyl (C=O) groups is 1. The Bertz CT molecular complexity index is 597. The highest BCUT2D eigenvalue weighted by atomic mass is 79.9. The van der Waals surface area contributed by atoms with Gasteiger partial charge in [0.25, 0.3) is 0 Å². The summed E-state index contributed by atoms with van der Waals surface area (Å²) >= 11 is 3.63. The van der Waals surface area contributed by atoms with Crippen molar-refractivity contribution in [1.29, 1.82) is 0 Å². The number of nitrogens with two attached hydrogens (primary N) is 1. The number of fused-ring (bicyclic) bond motifs is 1. The maximum atomic E-state index is 12.2. The molecule has 3 N–H and O–H groups in total. The summed E-state index contributed by atoms with van der Waals surface area (Å²) in [5.74, 6) is 1.75. The Balaban J connectivity index is 1.64. The topological polar surface area (TPSA) is 76.8 Å². The van der Waals surface area contributed by atoms with E-state index < -0.39 is 0 Å². The molecular formula is C17H24BrN3O3. The van der Waals surface area contributed by atoms with Crippen molar-refractivity contribution in [2.75, 3.05) is 39.4 Å². The highest BCUT2D eigenvalue weighted by Gasteiger charge is 2.26. The smallest absolute Gasteiger partial charge is 0.224 e. The fraction of sp³-hybridized carbons (Fsp3) is 0.588. The Morgan fingerprint density at radius 1 is 1.33 bits per heavy atom. The number of likely N-dealkylation sites (tertiary alicyclic amines) is 1. The molecule has 2 aliphatic heterocycles. The molecule has 1 aromatic carbocycles. The molecule has 24 heavy (non-hydrogen) atoms. The second kappa shape index (κ2) is 8.18. The Labute approximate surface area is 150 Å². The van der Waals surface area contributed by atoms with Crippen LogP contribution in [0.2, 0.25) is 0 Å². The Morgan fingerprint density at radius 2 is 2.08 bits per heavy atom. The third-order valence-electron chi connectivity index (χ3n) is 4.43. The van der Waals surface area contributed by atoms with E-state index in [0.29, 0.717) is 26.3 Å². The van der Waals surface area contributed by atoms with E-state index in [1.165, 1.54) is 0 Å². The molecule has 0 aliphatic carbocycles. The van der Waals surface area contributed by atoms with Crippen molar-refractivity contribution in [3.63, 3.8) is 0 Å². The summed E-state index contributed by atoms with van der Waals surface area (Å²) in [6.45, 7) is 4.76. The Morgan fingerprint density at radius 3 is 2.83 bits per heavy atom. The zero-order valence-electron chi connectivity index (χ0n) is 13.7. The molecule has 0 spiro atoms. The van der Waals surface area contributed by atoms with Crippen LogP contribution < -0.4 is 20.5 Å². The highest BCUT2D eigenvalue weighted by molar-refractivity contribution is 9.10. The molecule has 7 heteroatoms. The molecule has 1 aromatic rings. The molecule has 132 valence electrons. The van der Waals surface area contributed by atoms with E-state index in [-0.39, 0.29) is 11.8 Å². The number of amides is 1. The van der Waals surface area contributed by atoms with E-state index in [2.05, 4.69) is 26.1 Å². The summed E-state index contributed by atoms with van der Waals surface area (Å²) in [5, 5.41) is 2.90. The molecule has 1 amide bonds. The molecule has 1 unspecified atom stereocenters. The molecule has 1 fully saturated rings. The zero-order chi connectivity index (χ0) is 16.9. The Kier molecular flexibility index (Phi) is 5.97. The highest BCUT2D eigenvalue weighted by Crippen LogP contribution is 2.36. The van der Waals surface area contributed by atoms with Gasteiger partial charge in [-0.05, 0) is 37.1 Å². The van der Waals surface area contributed by atoms with Gasteiger partial charge < -0.3 is 20.5 Å². The molecule has 2 aliphatic rings. The van der Waals surface area contributed by atoms with Gasteiger partial charge in [0.05, 0.1) is 5.92 Å². The van der Waals surface area contributed by atoms with Gasteiger partial charge in [-0.1, -0.05) is 15.9 Å². The third-order valence-corrected chi connectivity index (χ3v) is 5.16. The first-order valence-corrected chi connectivity index (χ1v) is 9.25. The lowest BCUT2D eigenvalue weighted by Crippen LogP contribution is -2.43. The molecular weight excluding hydrogens is 374 g/mol. The fourth-order valence-corrected chi connectivity index (χ4v) is 3.67. The van der Waals surface area contributed by atoms with Crippen LogP contribution in [0.25, 0.3) is 0 Å². The van der Waals surface area contributed by atoms with E-state index >= 15 is 0 Å². The first kappa shape index (κ1) is 17.5. The standard InChI is InChI=1S/C17H24BrN3O3/c18-14-9-16-15(23-6-7-24-16)8-13(14)11-21-5-1-2-12(10-21)17(22)20-4-3-19/h8-9,12H,1-7,10-11,19H2,(H,20,22). The number of piperidine rings is 1. The lowest BCUT2D eigenvalue weighted by Gasteiger charge is -2.32. The quantitative estimate of drug-likeness (QED) is 0.787. The van der Waals surface area contributed by atoms with Crippen LogP contribution in [-0.2, 0) is 11.3 Å². The number of nitrogens with zero attached hydrogens (tertiary/aromatic N) is 1. The van der Waals surface area contributed by atoms with Crippen LogP contribution in [0.3, 0.4) is 0 Å². The van der Waals surface area contributed by atoms with Gasteiger partial charge in [0.1, 0.15) is 13.2 Å². The van der Waals surface area contributed by atoms with E-state index in [1.807, 2.05) is 12.1 Å². The minimum atomic E-state index is 0.0429. The molecule has 0 bridgehead atoms. The molecule has 1 saturated heterocycles. The van der Waals surface area contributed by atoms with Crippen LogP contribution in [-0.4, -0.2) is 50.2 Å². The number of hydrogen-bond acceptors (Lipinski definition) is 5. The van der Waals surface area contributed by atoms with Gasteiger partial charge in [-0.15, -0.1) is 0 Å². The lowest BCUT2D eigenvalue weighted by molar-refractivity contribution is -0.126. The van der Waals surface area contributed by atoms with Crippen molar-refractivity contribution in [1.82, 2.24) is 10.2 Å². The maximum absolute atomic E-state index is 12.2. The number of ether oxygens (including phenoxy) is 2. The van der Waals surface area contributed by atoms with Crippen LogP contribution in [0, 0.1) is 5.92 Å². The summed E-state index contributed by atoms with van der Waals surface area (Å²) < 4.78 is 12.3. The van der Waals surface area contributed by atoms with Gasteiger partial charge in [0.2, 0.25) is 5.91 Å². The summed E-state index contributed by atoms with van der Waals surface area (Å²) in [7, 11) is 0. The van der Waals surface area contributed by atoms with E-state index in [0.717, 1.165) is 54.0 Å². The third kappa shape index (κ3) is 4.20. The van der Waals surface area contributed by atoms with Crippen molar-refractivity contribution in [3.8, 4) is 11.5 Å². The van der Waals surface area contributed by atoms with Crippen LogP contribution >= 0.6 is 15.9 Å². The minimum Gasteiger partial charge on any atom is -0.486 e. The maximum Gasteiger partial charge on any atom is 0.224 e. The molecule has 1 atom stereocenters. The fourth-order valence-electron chi connectivity index (χ4n) is 3.22. The van der Waals surface area contributed by atoms with Crippen molar-refractivity contribution < 1.29 is 14.3 Å². The average Bonchev–Trinajstić information content (AvgIpc) is 2.60. The van der Waals surface area contributed by atoms with E-state index in [9.17, 15) is 4.79 Å². The molecule has 3 rings (SSSR count). The number of halogens is 1. The van der Waals surface area contributed by atoms with Gasteiger partial charge in [-0.3, -0.25) is 9.69 Å². The van der Waals surface area contributed by atoms with Crippen molar-refractivity contribution in [2.24, 2.45) is 11.7 Å². The largest absolute Gasteiger partial charge is 0.486 e. The van der Waals surface area contributed by atoms with Gasteiger partial charge in [-0.25, -0.2) is 0 Å². The predicted molar refractivity (Wildman–Crippen MR) is 95.2 cm³/mol. The lowest BCUT2D eigenvalue weighted by atomic mass is 9.96. The van der Waals surface area contributed by atoms with Gasteiger partial charge in [-0.2, -0.15) is 0 Å². The first-order valence-electron chi connectivity index (χ1n) is 8.45. The van der Waals surface area contributed by atoms with Gasteiger partial charge in [0, 0.05) is 30.7 Å². The second-order valence-corrected chi connectivity index (χ2v) is 7.10. The summed E-state index contributed by atoms with van der Waals surface area (Å²) in [5.41, 5.74) is 6.61. The molecule has 0 saturated carbocycles. The second-order valence-electron chi connectivity index (χ2n) is 6.24. The number of nitrogens with one attached hydrogen (secondary N) is 1. The number of benzene rings is 1. The van der Waals surface area contributed by atoms with Crippen LogP contribution in [0.5, 0.6) is 11.5 Å². The monoisotopic (exact) mass is 397 g/mol. The van der Waals surface area contributed by atoms with E-state index in [4.69, 9.17) is 15.2 Å². The van der Waals surface area contributed by atoms with E-state index in [1.54, 1.807) is 0 Å². The number of carbonyl (C=O) groups excluding carboxylic acids is 1. The summed E-state index contributed by atoms with van der Waals surface area (Å²) in [4.78, 5) is 14.5. The van der Waals surface area contributed by atoms with Crippen LogP contribution in [0.4, 0.5) is 0 Å². The summed E-state index contributed by atoms with van der Waals surface area (Å²) in [6.07, 6.45) is 1.97. The minimum absolute atomic E-state index is 0.0429. The molecule has 0 radical (unpaired) electrons. The van der Waals surface area contributed by atoms with Gasteiger partial charge >= 0.3 is 0 Å². The average molecular weight is 398 g/mol.